The van der Waals surface area contributed by atoms with Crippen LogP contribution in [0.25, 0.3) is 0 Å². The zero-order valence-electron chi connectivity index (χ0n) is 9.67. The minimum atomic E-state index is -0.0866. The summed E-state index contributed by atoms with van der Waals surface area (Å²) in [6.45, 7) is 4.63. The van der Waals surface area contributed by atoms with E-state index in [1.807, 2.05) is 4.57 Å². The van der Waals surface area contributed by atoms with Gasteiger partial charge in [-0.25, -0.2) is 9.97 Å². The summed E-state index contributed by atoms with van der Waals surface area (Å²) < 4.78 is 4.06. The van der Waals surface area contributed by atoms with Crippen LogP contribution in [0.4, 0.5) is 0 Å². The van der Waals surface area contributed by atoms with Crippen LogP contribution < -0.4 is 5.56 Å². The van der Waals surface area contributed by atoms with E-state index in [1.165, 1.54) is 12.5 Å². The van der Waals surface area contributed by atoms with Gasteiger partial charge in [0.05, 0.1) is 24.9 Å². The maximum atomic E-state index is 11.8. The van der Waals surface area contributed by atoms with Gasteiger partial charge in [0, 0.05) is 18.4 Å². The van der Waals surface area contributed by atoms with Crippen LogP contribution in [0.3, 0.4) is 0 Å². The molecule has 0 spiro atoms. The standard InChI is InChI=1S/C11H13BrN4O/c1-8(2)16-7-13-3-9(16)5-15-6-14-4-10(12)11(15)17/h3-4,6-8H,5H2,1-2H3. The molecule has 6 heteroatoms. The molecular weight excluding hydrogens is 284 g/mol. The van der Waals surface area contributed by atoms with Crippen molar-refractivity contribution in [2.75, 3.05) is 0 Å². The van der Waals surface area contributed by atoms with Crippen molar-refractivity contribution >= 4 is 15.9 Å². The first kappa shape index (κ1) is 12.0. The first-order chi connectivity index (χ1) is 8.09. The van der Waals surface area contributed by atoms with Crippen molar-refractivity contribution < 1.29 is 0 Å². The maximum absolute atomic E-state index is 11.8. The van der Waals surface area contributed by atoms with E-state index in [-0.39, 0.29) is 5.56 Å². The van der Waals surface area contributed by atoms with E-state index in [2.05, 4.69) is 39.7 Å². The van der Waals surface area contributed by atoms with E-state index in [9.17, 15) is 4.79 Å². The quantitative estimate of drug-likeness (QED) is 0.868. The van der Waals surface area contributed by atoms with Crippen LogP contribution in [0.15, 0.2) is 34.3 Å². The van der Waals surface area contributed by atoms with Crippen LogP contribution >= 0.6 is 15.9 Å². The molecule has 0 aromatic carbocycles. The highest BCUT2D eigenvalue weighted by Crippen LogP contribution is 2.09. The second kappa shape index (κ2) is 4.83. The Morgan fingerprint density at radius 1 is 1.29 bits per heavy atom. The Morgan fingerprint density at radius 2 is 2.00 bits per heavy atom. The van der Waals surface area contributed by atoms with Gasteiger partial charge in [-0.05, 0) is 29.8 Å². The smallest absolute Gasteiger partial charge is 0.267 e. The molecule has 2 aromatic heterocycles. The molecule has 0 N–H and O–H groups in total. The van der Waals surface area contributed by atoms with Gasteiger partial charge in [0.2, 0.25) is 0 Å². The van der Waals surface area contributed by atoms with Crippen molar-refractivity contribution in [3.8, 4) is 0 Å². The second-order valence-electron chi connectivity index (χ2n) is 4.06. The number of aromatic nitrogens is 4. The average Bonchev–Trinajstić information content (AvgIpc) is 2.73. The predicted molar refractivity (Wildman–Crippen MR) is 67.9 cm³/mol. The van der Waals surface area contributed by atoms with Gasteiger partial charge in [0.15, 0.2) is 0 Å². The SMILES string of the molecule is CC(C)n1cncc1Cn1cncc(Br)c1=O. The van der Waals surface area contributed by atoms with Crippen molar-refractivity contribution in [1.29, 1.82) is 0 Å². The monoisotopic (exact) mass is 296 g/mol. The van der Waals surface area contributed by atoms with Crippen LogP contribution in [0, 0.1) is 0 Å². The van der Waals surface area contributed by atoms with E-state index >= 15 is 0 Å². The van der Waals surface area contributed by atoms with Crippen LogP contribution in [0.5, 0.6) is 0 Å². The molecule has 0 radical (unpaired) electrons. The molecule has 0 aliphatic carbocycles. The molecule has 0 saturated heterocycles. The molecule has 0 amide bonds. The molecule has 0 aliphatic heterocycles. The third-order valence-corrected chi connectivity index (χ3v) is 3.04. The Kier molecular flexibility index (Phi) is 3.42. The first-order valence-electron chi connectivity index (χ1n) is 5.30. The molecule has 0 aliphatic rings. The van der Waals surface area contributed by atoms with Gasteiger partial charge >= 0.3 is 0 Å². The summed E-state index contributed by atoms with van der Waals surface area (Å²) in [6.07, 6.45) is 6.58. The summed E-state index contributed by atoms with van der Waals surface area (Å²) in [5.74, 6) is 0. The summed E-state index contributed by atoms with van der Waals surface area (Å²) in [5.41, 5.74) is 0.901. The zero-order valence-corrected chi connectivity index (χ0v) is 11.3. The Morgan fingerprint density at radius 3 is 2.71 bits per heavy atom. The van der Waals surface area contributed by atoms with Crippen molar-refractivity contribution in [3.05, 3.63) is 45.6 Å². The van der Waals surface area contributed by atoms with Gasteiger partial charge in [0.1, 0.15) is 4.47 Å². The van der Waals surface area contributed by atoms with Crippen molar-refractivity contribution in [2.45, 2.75) is 26.4 Å². The summed E-state index contributed by atoms with van der Waals surface area (Å²) in [7, 11) is 0. The Bertz CT molecular complexity index is 573. The Hall–Kier alpha value is -1.43. The van der Waals surface area contributed by atoms with Gasteiger partial charge < -0.3 is 4.57 Å². The van der Waals surface area contributed by atoms with E-state index in [0.717, 1.165) is 5.69 Å². The molecule has 17 heavy (non-hydrogen) atoms. The van der Waals surface area contributed by atoms with Crippen LogP contribution in [-0.4, -0.2) is 19.1 Å². The number of rotatable bonds is 3. The molecular formula is C11H13BrN4O. The first-order valence-corrected chi connectivity index (χ1v) is 6.09. The maximum Gasteiger partial charge on any atom is 0.267 e. The lowest BCUT2D eigenvalue weighted by Crippen LogP contribution is -2.22. The zero-order chi connectivity index (χ0) is 12.4. The number of imidazole rings is 1. The summed E-state index contributed by atoms with van der Waals surface area (Å²) in [5, 5.41) is 0. The third-order valence-electron chi connectivity index (χ3n) is 2.49. The van der Waals surface area contributed by atoms with Crippen molar-refractivity contribution in [2.24, 2.45) is 0 Å². The van der Waals surface area contributed by atoms with Crippen LogP contribution in [-0.2, 0) is 6.54 Å². The minimum absolute atomic E-state index is 0.0866. The number of nitrogens with zero attached hydrogens (tertiary/aromatic N) is 4. The molecule has 2 rings (SSSR count). The number of hydrogen-bond donors (Lipinski definition) is 0. The van der Waals surface area contributed by atoms with E-state index in [0.29, 0.717) is 17.1 Å². The lowest BCUT2D eigenvalue weighted by Gasteiger charge is -2.12. The lowest BCUT2D eigenvalue weighted by molar-refractivity contribution is 0.555. The second-order valence-corrected chi connectivity index (χ2v) is 4.91. The number of halogens is 1. The summed E-state index contributed by atoms with van der Waals surface area (Å²) in [4.78, 5) is 19.9. The fourth-order valence-corrected chi connectivity index (χ4v) is 1.98. The predicted octanol–water partition coefficient (Wildman–Crippen LogP) is 1.83. The third kappa shape index (κ3) is 2.46. The molecule has 0 atom stereocenters. The van der Waals surface area contributed by atoms with E-state index < -0.39 is 0 Å². The normalized spacial score (nSPS) is 11.1. The molecule has 2 heterocycles. The van der Waals surface area contributed by atoms with Crippen LogP contribution in [0.2, 0.25) is 0 Å². The highest BCUT2D eigenvalue weighted by atomic mass is 79.9. The minimum Gasteiger partial charge on any atom is -0.330 e. The lowest BCUT2D eigenvalue weighted by atomic mass is 10.3. The Balaban J connectivity index is 2.35. The van der Waals surface area contributed by atoms with Gasteiger partial charge in [0.25, 0.3) is 5.56 Å². The highest BCUT2D eigenvalue weighted by molar-refractivity contribution is 9.10. The number of hydrogen-bond acceptors (Lipinski definition) is 3. The molecule has 0 unspecified atom stereocenters. The largest absolute Gasteiger partial charge is 0.330 e. The van der Waals surface area contributed by atoms with E-state index in [4.69, 9.17) is 0 Å². The fraction of sp³-hybridized carbons (Fsp3) is 0.364. The van der Waals surface area contributed by atoms with E-state index in [1.54, 1.807) is 17.1 Å². The fourth-order valence-electron chi connectivity index (χ4n) is 1.63. The van der Waals surface area contributed by atoms with Crippen LogP contribution in [0.1, 0.15) is 25.6 Å². The van der Waals surface area contributed by atoms with Gasteiger partial charge in [-0.15, -0.1) is 0 Å². The molecule has 0 bridgehead atoms. The molecule has 0 fully saturated rings. The van der Waals surface area contributed by atoms with Crippen molar-refractivity contribution in [1.82, 2.24) is 19.1 Å². The topological polar surface area (TPSA) is 52.7 Å². The Labute approximate surface area is 107 Å². The highest BCUT2D eigenvalue weighted by Gasteiger charge is 2.08. The van der Waals surface area contributed by atoms with Gasteiger partial charge in [-0.1, -0.05) is 0 Å². The molecule has 90 valence electrons. The van der Waals surface area contributed by atoms with Gasteiger partial charge in [-0.3, -0.25) is 9.36 Å². The molecule has 2 aromatic rings. The molecule has 5 nitrogen and oxygen atoms in total. The summed E-state index contributed by atoms with van der Waals surface area (Å²) >= 11 is 3.18. The average molecular weight is 297 g/mol. The molecule has 0 saturated carbocycles. The van der Waals surface area contributed by atoms with Crippen molar-refractivity contribution in [3.63, 3.8) is 0 Å². The summed E-state index contributed by atoms with van der Waals surface area (Å²) in [6, 6.07) is 0.323. The van der Waals surface area contributed by atoms with Gasteiger partial charge in [-0.2, -0.15) is 0 Å².